The van der Waals surface area contributed by atoms with E-state index in [-0.39, 0.29) is 0 Å². The third-order valence-corrected chi connectivity index (χ3v) is 2.24. The van der Waals surface area contributed by atoms with Gasteiger partial charge in [-0.25, -0.2) is 9.59 Å². The highest BCUT2D eigenvalue weighted by molar-refractivity contribution is 6.27. The van der Waals surface area contributed by atoms with E-state index < -0.39 is 11.9 Å². The van der Waals surface area contributed by atoms with Crippen LogP contribution in [0.5, 0.6) is 0 Å². The predicted octanol–water partition coefficient (Wildman–Crippen LogP) is 2.24. The molecule has 0 aromatic carbocycles. The number of nitrogens with two attached hydrogens (primary N) is 1. The number of hydrogen-bond acceptors (Lipinski definition) is 3. The van der Waals surface area contributed by atoms with Crippen LogP contribution < -0.4 is 5.73 Å². The first kappa shape index (κ1) is 18.3. The molecule has 0 atom stereocenters. The molecule has 17 heavy (non-hydrogen) atoms. The second-order valence-corrected chi connectivity index (χ2v) is 3.87. The lowest BCUT2D eigenvalue weighted by molar-refractivity contribution is -0.159. The van der Waals surface area contributed by atoms with E-state index >= 15 is 0 Å². The Balaban J connectivity index is 0. The van der Waals surface area contributed by atoms with Crippen molar-refractivity contribution in [2.45, 2.75) is 58.3 Å². The van der Waals surface area contributed by atoms with Crippen LogP contribution in [0.2, 0.25) is 0 Å². The maximum absolute atomic E-state index is 9.10. The summed E-state index contributed by atoms with van der Waals surface area (Å²) in [5.74, 6) is -3.65. The Kier molecular flexibility index (Phi) is 16.0. The first-order valence-electron chi connectivity index (χ1n) is 6.22. The van der Waals surface area contributed by atoms with Crippen LogP contribution in [0.4, 0.5) is 0 Å². The number of carbonyl (C=O) groups is 2. The summed E-state index contributed by atoms with van der Waals surface area (Å²) in [5, 5.41) is 14.8. The molecular weight excluding hydrogens is 222 g/mol. The van der Waals surface area contributed by atoms with Crippen molar-refractivity contribution in [3.05, 3.63) is 0 Å². The quantitative estimate of drug-likeness (QED) is 0.451. The number of carboxylic acid groups (broad SMARTS) is 2. The maximum atomic E-state index is 9.10. The van der Waals surface area contributed by atoms with Crippen molar-refractivity contribution in [3.8, 4) is 0 Å². The van der Waals surface area contributed by atoms with Crippen molar-refractivity contribution >= 4 is 11.9 Å². The van der Waals surface area contributed by atoms with Crippen LogP contribution >= 0.6 is 0 Å². The summed E-state index contributed by atoms with van der Waals surface area (Å²) >= 11 is 0. The Morgan fingerprint density at radius 2 is 1.18 bits per heavy atom. The van der Waals surface area contributed by atoms with Crippen LogP contribution in [0.25, 0.3) is 0 Å². The van der Waals surface area contributed by atoms with E-state index in [4.69, 9.17) is 25.5 Å². The monoisotopic (exact) mass is 247 g/mol. The third-order valence-electron chi connectivity index (χ3n) is 2.24. The molecule has 0 aliphatic carbocycles. The van der Waals surface area contributed by atoms with Gasteiger partial charge in [-0.05, 0) is 13.0 Å². The highest BCUT2D eigenvalue weighted by Crippen LogP contribution is 2.07. The highest BCUT2D eigenvalue weighted by atomic mass is 16.4. The fourth-order valence-electron chi connectivity index (χ4n) is 1.28. The Bertz CT molecular complexity index is 175. The van der Waals surface area contributed by atoms with Crippen LogP contribution in [-0.4, -0.2) is 28.7 Å². The zero-order valence-electron chi connectivity index (χ0n) is 10.7. The molecule has 5 heteroatoms. The molecule has 0 amide bonds. The molecular formula is C12H25NO4. The van der Waals surface area contributed by atoms with E-state index in [2.05, 4.69) is 6.92 Å². The predicted molar refractivity (Wildman–Crippen MR) is 66.9 cm³/mol. The Hall–Kier alpha value is -1.10. The maximum Gasteiger partial charge on any atom is 0.414 e. The molecule has 0 bridgehead atoms. The summed E-state index contributed by atoms with van der Waals surface area (Å²) in [6.07, 6.45) is 11.0. The molecule has 0 unspecified atom stereocenters. The minimum atomic E-state index is -1.82. The summed E-state index contributed by atoms with van der Waals surface area (Å²) in [7, 11) is 0. The Morgan fingerprint density at radius 1 is 0.824 bits per heavy atom. The highest BCUT2D eigenvalue weighted by Gasteiger charge is 2.04. The zero-order chi connectivity index (χ0) is 13.5. The molecule has 0 rings (SSSR count). The molecule has 102 valence electrons. The molecule has 0 radical (unpaired) electrons. The van der Waals surface area contributed by atoms with Gasteiger partial charge in [0, 0.05) is 0 Å². The number of aliphatic carboxylic acids is 2. The van der Waals surface area contributed by atoms with Crippen molar-refractivity contribution in [3.63, 3.8) is 0 Å². The fourth-order valence-corrected chi connectivity index (χ4v) is 1.28. The fraction of sp³-hybridized carbons (Fsp3) is 0.833. The second kappa shape index (κ2) is 14.9. The lowest BCUT2D eigenvalue weighted by atomic mass is 10.1. The van der Waals surface area contributed by atoms with Gasteiger partial charge in [0.05, 0.1) is 0 Å². The van der Waals surface area contributed by atoms with Gasteiger partial charge in [0.15, 0.2) is 0 Å². The van der Waals surface area contributed by atoms with Crippen LogP contribution in [0, 0.1) is 0 Å². The third kappa shape index (κ3) is 20.9. The van der Waals surface area contributed by atoms with E-state index in [0.29, 0.717) is 0 Å². The molecule has 0 heterocycles. The molecule has 4 N–H and O–H groups in total. The average Bonchev–Trinajstić information content (AvgIpc) is 2.29. The van der Waals surface area contributed by atoms with Gasteiger partial charge in [-0.15, -0.1) is 0 Å². The zero-order valence-corrected chi connectivity index (χ0v) is 10.7. The molecule has 0 aromatic heterocycles. The van der Waals surface area contributed by atoms with Gasteiger partial charge in [-0.3, -0.25) is 0 Å². The van der Waals surface area contributed by atoms with Crippen molar-refractivity contribution in [2.24, 2.45) is 5.73 Å². The molecule has 5 nitrogen and oxygen atoms in total. The molecule has 0 saturated carbocycles. The van der Waals surface area contributed by atoms with Crippen molar-refractivity contribution in [1.82, 2.24) is 0 Å². The van der Waals surface area contributed by atoms with Crippen LogP contribution in [0.3, 0.4) is 0 Å². The number of unbranched alkanes of at least 4 members (excludes halogenated alkanes) is 7. The SMILES string of the molecule is CCCCCCCCCCN.O=C(O)C(=O)O. The van der Waals surface area contributed by atoms with E-state index in [0.717, 1.165) is 6.54 Å². The standard InChI is InChI=1S/C10H23N.C2H2O4/c1-2-3-4-5-6-7-8-9-10-11;3-1(4)2(5)6/h2-11H2,1H3;(H,3,4)(H,5,6). The van der Waals surface area contributed by atoms with E-state index in [9.17, 15) is 0 Å². The van der Waals surface area contributed by atoms with Gasteiger partial charge in [0.2, 0.25) is 0 Å². The van der Waals surface area contributed by atoms with Gasteiger partial charge in [0.25, 0.3) is 0 Å². The lowest BCUT2D eigenvalue weighted by Crippen LogP contribution is -2.09. The van der Waals surface area contributed by atoms with Gasteiger partial charge in [-0.2, -0.15) is 0 Å². The van der Waals surface area contributed by atoms with Crippen LogP contribution in [-0.2, 0) is 9.59 Å². The summed E-state index contributed by atoms with van der Waals surface area (Å²) in [6, 6.07) is 0. The van der Waals surface area contributed by atoms with Gasteiger partial charge < -0.3 is 15.9 Å². The van der Waals surface area contributed by atoms with E-state index in [1.165, 1.54) is 51.4 Å². The normalized spacial score (nSPS) is 9.29. The first-order chi connectivity index (χ1) is 8.06. The van der Waals surface area contributed by atoms with Crippen LogP contribution in [0.1, 0.15) is 58.3 Å². The minimum absolute atomic E-state index is 0.870. The Morgan fingerprint density at radius 3 is 1.47 bits per heavy atom. The number of rotatable bonds is 8. The molecule has 0 fully saturated rings. The van der Waals surface area contributed by atoms with Crippen molar-refractivity contribution in [2.75, 3.05) is 6.54 Å². The molecule has 0 aliphatic heterocycles. The van der Waals surface area contributed by atoms with Gasteiger partial charge in [0.1, 0.15) is 0 Å². The second-order valence-electron chi connectivity index (χ2n) is 3.87. The minimum Gasteiger partial charge on any atom is -0.473 e. The summed E-state index contributed by atoms with van der Waals surface area (Å²) in [4.78, 5) is 18.2. The smallest absolute Gasteiger partial charge is 0.414 e. The molecule has 0 aromatic rings. The van der Waals surface area contributed by atoms with E-state index in [1.54, 1.807) is 0 Å². The lowest BCUT2D eigenvalue weighted by Gasteiger charge is -1.99. The molecule has 0 spiro atoms. The van der Waals surface area contributed by atoms with Crippen LogP contribution in [0.15, 0.2) is 0 Å². The Labute approximate surface area is 103 Å². The molecule has 0 saturated heterocycles. The van der Waals surface area contributed by atoms with Crippen molar-refractivity contribution < 1.29 is 19.8 Å². The average molecular weight is 247 g/mol. The summed E-state index contributed by atoms with van der Waals surface area (Å²) in [6.45, 7) is 3.13. The van der Waals surface area contributed by atoms with Crippen molar-refractivity contribution in [1.29, 1.82) is 0 Å². The first-order valence-corrected chi connectivity index (χ1v) is 6.22. The van der Waals surface area contributed by atoms with E-state index in [1.807, 2.05) is 0 Å². The van der Waals surface area contributed by atoms with Gasteiger partial charge in [-0.1, -0.05) is 51.9 Å². The number of carboxylic acids is 2. The summed E-state index contributed by atoms with van der Waals surface area (Å²) < 4.78 is 0. The molecule has 0 aliphatic rings. The van der Waals surface area contributed by atoms with Gasteiger partial charge >= 0.3 is 11.9 Å². The largest absolute Gasteiger partial charge is 0.473 e. The topological polar surface area (TPSA) is 101 Å². The number of hydrogen-bond donors (Lipinski definition) is 3. The summed E-state index contributed by atoms with van der Waals surface area (Å²) in [5.41, 5.74) is 5.39.